The van der Waals surface area contributed by atoms with Gasteiger partial charge < -0.3 is 15.2 Å². The summed E-state index contributed by atoms with van der Waals surface area (Å²) >= 11 is 0. The smallest absolute Gasteiger partial charge is 0.157 e. The molecule has 5 heteroatoms. The molecule has 0 saturated carbocycles. The van der Waals surface area contributed by atoms with Crippen molar-refractivity contribution in [1.29, 1.82) is 0 Å². The van der Waals surface area contributed by atoms with E-state index in [0.717, 1.165) is 26.0 Å². The van der Waals surface area contributed by atoms with Crippen LogP contribution in [0, 0.1) is 0 Å². The van der Waals surface area contributed by atoms with Crippen LogP contribution in [0.1, 0.15) is 19.3 Å². The first-order chi connectivity index (χ1) is 7.34. The minimum atomic E-state index is -0.0216. The van der Waals surface area contributed by atoms with Crippen molar-refractivity contribution in [3.8, 4) is 0 Å². The summed E-state index contributed by atoms with van der Waals surface area (Å²) < 4.78 is 12.8. The van der Waals surface area contributed by atoms with Gasteiger partial charge in [-0.25, -0.2) is 0 Å². The molecule has 1 aliphatic rings. The van der Waals surface area contributed by atoms with Crippen LogP contribution in [0.5, 0.6) is 0 Å². The van der Waals surface area contributed by atoms with Gasteiger partial charge in [-0.1, -0.05) is 0 Å². The van der Waals surface area contributed by atoms with Crippen LogP contribution in [0.4, 0.5) is 5.69 Å². The highest BCUT2D eigenvalue weighted by Gasteiger charge is 2.13. The van der Waals surface area contributed by atoms with Crippen LogP contribution >= 0.6 is 0 Å². The summed E-state index contributed by atoms with van der Waals surface area (Å²) in [6.07, 6.45) is 6.75. The van der Waals surface area contributed by atoms with E-state index in [-0.39, 0.29) is 6.29 Å². The molecule has 1 atom stereocenters. The zero-order valence-electron chi connectivity index (χ0n) is 8.76. The molecule has 0 bridgehead atoms. The van der Waals surface area contributed by atoms with Crippen molar-refractivity contribution in [2.45, 2.75) is 32.1 Å². The monoisotopic (exact) mass is 211 g/mol. The lowest BCUT2D eigenvalue weighted by atomic mass is 10.2. The first-order valence-electron chi connectivity index (χ1n) is 5.36. The Morgan fingerprint density at radius 2 is 2.53 bits per heavy atom. The number of hydrogen-bond donors (Lipinski definition) is 1. The Morgan fingerprint density at radius 1 is 1.60 bits per heavy atom. The lowest BCUT2D eigenvalue weighted by Gasteiger charge is -2.22. The number of nitrogens with zero attached hydrogens (tertiary/aromatic N) is 2. The summed E-state index contributed by atoms with van der Waals surface area (Å²) in [6, 6.07) is 0. The number of aromatic nitrogens is 2. The molecular weight excluding hydrogens is 194 g/mol. The van der Waals surface area contributed by atoms with Crippen molar-refractivity contribution >= 4 is 5.69 Å². The molecule has 1 fully saturated rings. The Bertz CT molecular complexity index is 295. The molecule has 84 valence electrons. The van der Waals surface area contributed by atoms with E-state index in [9.17, 15) is 0 Å². The second-order valence-electron chi connectivity index (χ2n) is 3.70. The zero-order chi connectivity index (χ0) is 10.5. The molecule has 1 aliphatic heterocycles. The van der Waals surface area contributed by atoms with Crippen LogP contribution < -0.4 is 5.73 Å². The van der Waals surface area contributed by atoms with Gasteiger partial charge in [0.2, 0.25) is 0 Å². The number of ether oxygens (including phenoxy) is 2. The Labute approximate surface area is 89.2 Å². The fraction of sp³-hybridized carbons (Fsp3) is 0.700. The molecule has 2 heterocycles. The van der Waals surface area contributed by atoms with Gasteiger partial charge in [-0.15, -0.1) is 0 Å². The summed E-state index contributed by atoms with van der Waals surface area (Å²) in [6.45, 7) is 2.15. The highest BCUT2D eigenvalue weighted by atomic mass is 16.7. The predicted octanol–water partition coefficient (Wildman–Crippen LogP) is 1.01. The van der Waals surface area contributed by atoms with Crippen molar-refractivity contribution in [2.24, 2.45) is 0 Å². The van der Waals surface area contributed by atoms with Crippen LogP contribution in [0.15, 0.2) is 12.4 Å². The molecule has 0 spiro atoms. The van der Waals surface area contributed by atoms with E-state index in [1.54, 1.807) is 17.1 Å². The molecule has 2 N–H and O–H groups in total. The van der Waals surface area contributed by atoms with Crippen LogP contribution in [-0.4, -0.2) is 29.3 Å². The van der Waals surface area contributed by atoms with Gasteiger partial charge in [0, 0.05) is 12.8 Å². The van der Waals surface area contributed by atoms with Crippen molar-refractivity contribution in [3.63, 3.8) is 0 Å². The first kappa shape index (κ1) is 10.4. The minimum Gasteiger partial charge on any atom is -0.396 e. The Balaban J connectivity index is 1.65. The van der Waals surface area contributed by atoms with Crippen molar-refractivity contribution in [3.05, 3.63) is 12.4 Å². The lowest BCUT2D eigenvalue weighted by Crippen LogP contribution is -2.24. The zero-order valence-corrected chi connectivity index (χ0v) is 8.76. The Hall–Kier alpha value is -1.07. The molecule has 0 aromatic carbocycles. The van der Waals surface area contributed by atoms with Crippen molar-refractivity contribution in [1.82, 2.24) is 9.78 Å². The van der Waals surface area contributed by atoms with Gasteiger partial charge in [-0.3, -0.25) is 4.68 Å². The third kappa shape index (κ3) is 3.21. The van der Waals surface area contributed by atoms with E-state index < -0.39 is 0 Å². The maximum absolute atomic E-state index is 5.57. The first-order valence-corrected chi connectivity index (χ1v) is 5.36. The SMILES string of the molecule is Nc1cnn(CCO[C@@H]2CCCCO2)c1. The van der Waals surface area contributed by atoms with E-state index in [2.05, 4.69) is 5.10 Å². The highest BCUT2D eigenvalue weighted by molar-refractivity contribution is 5.30. The molecule has 0 radical (unpaired) electrons. The summed E-state index contributed by atoms with van der Waals surface area (Å²) in [4.78, 5) is 0. The summed E-state index contributed by atoms with van der Waals surface area (Å²) in [5, 5.41) is 4.07. The van der Waals surface area contributed by atoms with Gasteiger partial charge in [-0.05, 0) is 19.3 Å². The molecular formula is C10H17N3O2. The fourth-order valence-corrected chi connectivity index (χ4v) is 1.62. The number of rotatable bonds is 4. The Kier molecular flexibility index (Phi) is 3.58. The van der Waals surface area contributed by atoms with Gasteiger partial charge >= 0.3 is 0 Å². The number of nitrogen functional groups attached to an aromatic ring is 1. The summed E-state index contributed by atoms with van der Waals surface area (Å²) in [5.74, 6) is 0. The molecule has 2 rings (SSSR count). The third-order valence-corrected chi connectivity index (χ3v) is 2.42. The van der Waals surface area contributed by atoms with E-state index in [1.807, 2.05) is 0 Å². The molecule has 1 aromatic heterocycles. The van der Waals surface area contributed by atoms with E-state index in [4.69, 9.17) is 15.2 Å². The maximum Gasteiger partial charge on any atom is 0.157 e. The van der Waals surface area contributed by atoms with Crippen LogP contribution in [-0.2, 0) is 16.0 Å². The van der Waals surface area contributed by atoms with E-state index >= 15 is 0 Å². The summed E-state index contributed by atoms with van der Waals surface area (Å²) in [7, 11) is 0. The second-order valence-corrected chi connectivity index (χ2v) is 3.70. The largest absolute Gasteiger partial charge is 0.396 e. The molecule has 0 aliphatic carbocycles. The van der Waals surface area contributed by atoms with E-state index in [1.165, 1.54) is 6.42 Å². The van der Waals surface area contributed by atoms with Gasteiger partial charge in [0.05, 0.1) is 25.0 Å². The minimum absolute atomic E-state index is 0.0216. The summed E-state index contributed by atoms with van der Waals surface area (Å²) in [5.41, 5.74) is 6.23. The second kappa shape index (κ2) is 5.14. The average Bonchev–Trinajstić information content (AvgIpc) is 2.66. The normalized spacial score (nSPS) is 21.7. The number of hydrogen-bond acceptors (Lipinski definition) is 4. The quantitative estimate of drug-likeness (QED) is 0.807. The molecule has 1 saturated heterocycles. The van der Waals surface area contributed by atoms with Crippen LogP contribution in [0.2, 0.25) is 0 Å². The van der Waals surface area contributed by atoms with Gasteiger partial charge in [-0.2, -0.15) is 5.10 Å². The van der Waals surface area contributed by atoms with Crippen LogP contribution in [0.3, 0.4) is 0 Å². The number of nitrogens with two attached hydrogens (primary N) is 1. The van der Waals surface area contributed by atoms with Gasteiger partial charge in [0.1, 0.15) is 0 Å². The molecule has 0 unspecified atom stereocenters. The lowest BCUT2D eigenvalue weighted by molar-refractivity contribution is -0.163. The number of anilines is 1. The third-order valence-electron chi connectivity index (χ3n) is 2.42. The molecule has 5 nitrogen and oxygen atoms in total. The topological polar surface area (TPSA) is 62.3 Å². The van der Waals surface area contributed by atoms with Gasteiger partial charge in [0.15, 0.2) is 6.29 Å². The predicted molar refractivity (Wildman–Crippen MR) is 56.2 cm³/mol. The fourth-order valence-electron chi connectivity index (χ4n) is 1.62. The highest BCUT2D eigenvalue weighted by Crippen LogP contribution is 2.13. The van der Waals surface area contributed by atoms with E-state index in [0.29, 0.717) is 12.3 Å². The molecule has 15 heavy (non-hydrogen) atoms. The van der Waals surface area contributed by atoms with Crippen molar-refractivity contribution < 1.29 is 9.47 Å². The Morgan fingerprint density at radius 3 is 3.20 bits per heavy atom. The standard InChI is InChI=1S/C10H17N3O2/c11-9-7-12-13(8-9)4-6-15-10-3-1-2-5-14-10/h7-8,10H,1-6,11H2/t10-/m1/s1. The molecule has 0 amide bonds. The maximum atomic E-state index is 5.57. The van der Waals surface area contributed by atoms with Gasteiger partial charge in [0.25, 0.3) is 0 Å². The van der Waals surface area contributed by atoms with Crippen molar-refractivity contribution in [2.75, 3.05) is 18.9 Å². The van der Waals surface area contributed by atoms with Crippen LogP contribution in [0.25, 0.3) is 0 Å². The average molecular weight is 211 g/mol. The molecule has 1 aromatic rings.